The molecule has 0 amide bonds. The Kier molecular flexibility index (Phi) is 11.7. The summed E-state index contributed by atoms with van der Waals surface area (Å²) in [4.78, 5) is 17.0. The Morgan fingerprint density at radius 2 is 1.35 bits per heavy atom. The number of nitriles is 2. The van der Waals surface area contributed by atoms with Gasteiger partial charge in [-0.15, -0.1) is 22.7 Å². The molecule has 15 heteroatoms. The van der Waals surface area contributed by atoms with Crippen LogP contribution in [-0.4, -0.2) is 32.4 Å². The summed E-state index contributed by atoms with van der Waals surface area (Å²) in [5, 5.41) is 23.1. The molecule has 216 valence electrons. The second kappa shape index (κ2) is 15.4. The summed E-state index contributed by atoms with van der Waals surface area (Å²) < 4.78 is 3.49. The number of thioether (sulfide) groups is 2. The molecule has 43 heavy (non-hydrogen) atoms. The first-order chi connectivity index (χ1) is 20.8. The molecule has 6 aromatic rings. The van der Waals surface area contributed by atoms with Crippen LogP contribution < -0.4 is 11.1 Å². The zero-order valence-electron chi connectivity index (χ0n) is 22.3. The zero-order chi connectivity index (χ0) is 30.9. The van der Waals surface area contributed by atoms with Crippen LogP contribution in [0.4, 0.5) is 17.1 Å². The van der Waals surface area contributed by atoms with Crippen molar-refractivity contribution in [2.75, 3.05) is 23.6 Å². The lowest BCUT2D eigenvalue weighted by atomic mass is 10.2. The smallest absolute Gasteiger partial charge is 0.173 e. The fraction of sp³-hybridized carbons (Fsp3) is 0.0714. The van der Waals surface area contributed by atoms with E-state index in [1.807, 2.05) is 42.8 Å². The fourth-order valence-electron chi connectivity index (χ4n) is 3.36. The van der Waals surface area contributed by atoms with Crippen LogP contribution in [0.5, 0.6) is 0 Å². The standard InChI is InChI=1S/C14H9ClN4S2.C8H4ClN3S2.C6H6ClN/c1-20-14-19-13-12(21-14)11(8(6-16)7-17-13)18-10-4-2-3-9(15)5-10;1-13-8-12-7-6(14-8)5(9)4(2-10)3-11-7;7-5-2-1-3-6(8)4-5/h2-5,7H,1H3,(H,17,18);3H,1H3;1-4H,8H2. The number of benzene rings is 2. The molecule has 3 N–H and O–H groups in total. The number of fused-ring (bicyclic) bond motifs is 2. The number of hydrogen-bond acceptors (Lipinski definition) is 12. The molecular weight excluding hydrogens is 683 g/mol. The Morgan fingerprint density at radius 3 is 1.88 bits per heavy atom. The SMILES string of the molecule is CSc1nc2ncc(C#N)c(Cl)c2s1.CSc1nc2ncc(C#N)c(Nc3cccc(Cl)c3)c2s1.Nc1cccc(Cl)c1. The molecule has 6 rings (SSSR count). The Balaban J connectivity index is 0.000000165. The molecule has 0 bridgehead atoms. The van der Waals surface area contributed by atoms with E-state index in [4.69, 9.17) is 45.8 Å². The number of aromatic nitrogens is 4. The second-order valence-electron chi connectivity index (χ2n) is 8.12. The van der Waals surface area contributed by atoms with Crippen molar-refractivity contribution >= 4 is 119 Å². The number of rotatable bonds is 4. The maximum absolute atomic E-state index is 9.30. The first-order valence-corrected chi connectivity index (χ1v) is 17.1. The number of thiazole rings is 2. The minimum atomic E-state index is 0.399. The third kappa shape index (κ3) is 8.40. The van der Waals surface area contributed by atoms with Crippen LogP contribution in [0.2, 0.25) is 15.1 Å². The van der Waals surface area contributed by atoms with E-state index in [-0.39, 0.29) is 0 Å². The number of nitrogen functional groups attached to an aromatic ring is 1. The van der Waals surface area contributed by atoms with Crippen LogP contribution >= 0.6 is 81.0 Å². The number of nitrogens with one attached hydrogen (secondary N) is 1. The molecule has 0 saturated heterocycles. The van der Waals surface area contributed by atoms with E-state index in [1.165, 1.54) is 28.9 Å². The van der Waals surface area contributed by atoms with Gasteiger partial charge in [0.2, 0.25) is 0 Å². The summed E-state index contributed by atoms with van der Waals surface area (Å²) >= 11 is 23.7. The van der Waals surface area contributed by atoms with Crippen molar-refractivity contribution in [3.05, 3.63) is 87.1 Å². The number of hydrogen-bond donors (Lipinski definition) is 2. The van der Waals surface area contributed by atoms with Gasteiger partial charge in [0.05, 0.1) is 31.2 Å². The summed E-state index contributed by atoms with van der Waals surface area (Å²) in [7, 11) is 0. The number of anilines is 3. The third-order valence-corrected chi connectivity index (χ3v) is 10.3. The van der Waals surface area contributed by atoms with E-state index in [9.17, 15) is 5.26 Å². The lowest BCUT2D eigenvalue weighted by Gasteiger charge is -2.08. The largest absolute Gasteiger partial charge is 0.399 e. The van der Waals surface area contributed by atoms with E-state index in [0.29, 0.717) is 43.2 Å². The molecule has 0 unspecified atom stereocenters. The maximum atomic E-state index is 9.30. The first kappa shape index (κ1) is 32.6. The van der Waals surface area contributed by atoms with Gasteiger partial charge in [-0.3, -0.25) is 0 Å². The van der Waals surface area contributed by atoms with Gasteiger partial charge in [-0.25, -0.2) is 19.9 Å². The van der Waals surface area contributed by atoms with Crippen molar-refractivity contribution in [1.82, 2.24) is 19.9 Å². The summed E-state index contributed by atoms with van der Waals surface area (Å²) in [6.45, 7) is 0. The van der Waals surface area contributed by atoms with E-state index < -0.39 is 0 Å². The number of nitrogens with zero attached hydrogens (tertiary/aromatic N) is 6. The van der Waals surface area contributed by atoms with Crippen LogP contribution in [0, 0.1) is 22.7 Å². The Hall–Kier alpha value is -3.33. The van der Waals surface area contributed by atoms with Crippen molar-refractivity contribution in [3.8, 4) is 12.1 Å². The Morgan fingerprint density at radius 1 is 0.791 bits per heavy atom. The molecule has 0 aliphatic heterocycles. The fourth-order valence-corrected chi connectivity index (χ4v) is 7.02. The molecule has 0 aliphatic rings. The van der Waals surface area contributed by atoms with E-state index in [0.717, 1.165) is 29.5 Å². The van der Waals surface area contributed by atoms with Crippen molar-refractivity contribution in [3.63, 3.8) is 0 Å². The van der Waals surface area contributed by atoms with Gasteiger partial charge in [-0.05, 0) is 48.9 Å². The van der Waals surface area contributed by atoms with Crippen LogP contribution in [0.25, 0.3) is 20.7 Å². The zero-order valence-corrected chi connectivity index (χ0v) is 27.8. The highest BCUT2D eigenvalue weighted by Gasteiger charge is 2.14. The summed E-state index contributed by atoms with van der Waals surface area (Å²) in [5.41, 5.74) is 9.77. The van der Waals surface area contributed by atoms with Gasteiger partial charge in [-0.2, -0.15) is 10.5 Å². The van der Waals surface area contributed by atoms with Gasteiger partial charge in [0, 0.05) is 33.8 Å². The Bertz CT molecular complexity index is 1960. The van der Waals surface area contributed by atoms with Crippen LogP contribution in [0.15, 0.2) is 69.6 Å². The average Bonchev–Trinajstić information content (AvgIpc) is 3.63. The highest BCUT2D eigenvalue weighted by atomic mass is 35.5. The summed E-state index contributed by atoms with van der Waals surface area (Å²) in [6.07, 6.45) is 6.90. The first-order valence-electron chi connectivity index (χ1n) is 11.9. The molecule has 2 aromatic carbocycles. The van der Waals surface area contributed by atoms with Crippen molar-refractivity contribution in [1.29, 1.82) is 10.5 Å². The van der Waals surface area contributed by atoms with Gasteiger partial charge in [0.25, 0.3) is 0 Å². The van der Waals surface area contributed by atoms with Gasteiger partial charge >= 0.3 is 0 Å². The molecule has 0 aliphatic carbocycles. The van der Waals surface area contributed by atoms with Crippen LogP contribution in [0.1, 0.15) is 11.1 Å². The highest BCUT2D eigenvalue weighted by Crippen LogP contribution is 2.36. The minimum Gasteiger partial charge on any atom is -0.399 e. The molecule has 0 radical (unpaired) electrons. The molecular formula is C28H19Cl3N8S4. The molecule has 8 nitrogen and oxygen atoms in total. The van der Waals surface area contributed by atoms with Gasteiger partial charge in [-0.1, -0.05) is 70.5 Å². The van der Waals surface area contributed by atoms with Gasteiger partial charge < -0.3 is 11.1 Å². The predicted octanol–water partition coefficient (Wildman–Crippen LogP) is 9.54. The maximum Gasteiger partial charge on any atom is 0.173 e. The lowest BCUT2D eigenvalue weighted by molar-refractivity contribution is 1.23. The summed E-state index contributed by atoms with van der Waals surface area (Å²) in [5.74, 6) is 0. The van der Waals surface area contributed by atoms with Crippen molar-refractivity contribution in [2.45, 2.75) is 8.68 Å². The topological polar surface area (TPSA) is 137 Å². The average molecular weight is 702 g/mol. The lowest BCUT2D eigenvalue weighted by Crippen LogP contribution is -1.95. The molecule has 0 spiro atoms. The third-order valence-electron chi connectivity index (χ3n) is 5.28. The van der Waals surface area contributed by atoms with Crippen LogP contribution in [0.3, 0.4) is 0 Å². The second-order valence-corrected chi connectivity index (χ2v) is 13.5. The molecule has 4 aromatic heterocycles. The highest BCUT2D eigenvalue weighted by molar-refractivity contribution is 8.00. The Labute approximate surface area is 278 Å². The van der Waals surface area contributed by atoms with E-state index >= 15 is 0 Å². The van der Waals surface area contributed by atoms with Crippen molar-refractivity contribution in [2.24, 2.45) is 0 Å². The van der Waals surface area contributed by atoms with Gasteiger partial charge in [0.15, 0.2) is 20.0 Å². The molecule has 0 saturated carbocycles. The molecule has 0 atom stereocenters. The number of nitrogens with two attached hydrogens (primary N) is 1. The normalized spacial score (nSPS) is 10.2. The quantitative estimate of drug-likeness (QED) is 0.135. The molecule has 4 heterocycles. The van der Waals surface area contributed by atoms with E-state index in [2.05, 4.69) is 31.3 Å². The summed E-state index contributed by atoms with van der Waals surface area (Å²) in [6, 6.07) is 18.6. The monoisotopic (exact) mass is 700 g/mol. The van der Waals surface area contributed by atoms with Crippen molar-refractivity contribution < 1.29 is 0 Å². The van der Waals surface area contributed by atoms with Gasteiger partial charge in [0.1, 0.15) is 12.1 Å². The number of halogens is 3. The van der Waals surface area contributed by atoms with E-state index in [1.54, 1.807) is 54.0 Å². The predicted molar refractivity (Wildman–Crippen MR) is 183 cm³/mol. The van der Waals surface area contributed by atoms with Crippen LogP contribution in [-0.2, 0) is 0 Å². The number of pyridine rings is 2. The minimum absolute atomic E-state index is 0.399. The molecule has 0 fully saturated rings.